The Balaban J connectivity index is 2.40. The predicted molar refractivity (Wildman–Crippen MR) is 97.5 cm³/mol. The van der Waals surface area contributed by atoms with E-state index in [4.69, 9.17) is 4.74 Å². The van der Waals surface area contributed by atoms with E-state index in [0.29, 0.717) is 5.82 Å². The highest BCUT2D eigenvalue weighted by molar-refractivity contribution is 5.93. The summed E-state index contributed by atoms with van der Waals surface area (Å²) in [6.45, 7) is 1.70. The molecule has 27 heavy (non-hydrogen) atoms. The summed E-state index contributed by atoms with van der Waals surface area (Å²) in [6.07, 6.45) is 1.17. The lowest BCUT2D eigenvalue weighted by Crippen LogP contribution is -2.22. The van der Waals surface area contributed by atoms with E-state index in [-0.39, 0.29) is 28.9 Å². The zero-order valence-corrected chi connectivity index (χ0v) is 15.0. The van der Waals surface area contributed by atoms with Gasteiger partial charge >= 0.3 is 5.97 Å². The van der Waals surface area contributed by atoms with E-state index in [0.717, 1.165) is 12.1 Å². The van der Waals surface area contributed by atoms with Crippen molar-refractivity contribution in [3.8, 4) is 5.69 Å². The molecular formula is C19H17F2N3O3. The number of rotatable bonds is 4. The summed E-state index contributed by atoms with van der Waals surface area (Å²) in [5.41, 5.74) is -0.729. The number of hydrogen-bond acceptors (Lipinski definition) is 5. The summed E-state index contributed by atoms with van der Waals surface area (Å²) < 4.78 is 33.9. The highest BCUT2D eigenvalue weighted by Gasteiger charge is 2.20. The Morgan fingerprint density at radius 2 is 1.96 bits per heavy atom. The van der Waals surface area contributed by atoms with Gasteiger partial charge in [-0.25, -0.2) is 18.6 Å². The van der Waals surface area contributed by atoms with Crippen LogP contribution in [0.1, 0.15) is 17.3 Å². The minimum absolute atomic E-state index is 0.0460. The van der Waals surface area contributed by atoms with Gasteiger partial charge in [-0.3, -0.25) is 9.36 Å². The molecule has 1 aromatic carbocycles. The highest BCUT2D eigenvalue weighted by atomic mass is 19.1. The fourth-order valence-corrected chi connectivity index (χ4v) is 2.66. The van der Waals surface area contributed by atoms with Gasteiger partial charge in [0.05, 0.1) is 17.7 Å². The van der Waals surface area contributed by atoms with Crippen molar-refractivity contribution in [3.05, 3.63) is 63.9 Å². The number of halogens is 2. The SMILES string of the molecule is CCOC(=O)c1cn(-c2ccc(F)cc2F)c2nc(N(C)C)ccc2c1=O. The fraction of sp³-hybridized carbons (Fsp3) is 0.211. The van der Waals surface area contributed by atoms with Crippen LogP contribution >= 0.6 is 0 Å². The van der Waals surface area contributed by atoms with Gasteiger partial charge in [-0.05, 0) is 31.2 Å². The molecule has 0 aliphatic carbocycles. The van der Waals surface area contributed by atoms with Gasteiger partial charge in [-0.1, -0.05) is 0 Å². The molecule has 0 N–H and O–H groups in total. The third-order valence-corrected chi connectivity index (χ3v) is 3.96. The molecule has 2 aromatic heterocycles. The monoisotopic (exact) mass is 373 g/mol. The van der Waals surface area contributed by atoms with E-state index in [1.807, 2.05) is 0 Å². The number of benzene rings is 1. The zero-order valence-electron chi connectivity index (χ0n) is 15.0. The van der Waals surface area contributed by atoms with Crippen molar-refractivity contribution in [2.24, 2.45) is 0 Å². The van der Waals surface area contributed by atoms with Crippen molar-refractivity contribution < 1.29 is 18.3 Å². The minimum Gasteiger partial charge on any atom is -0.462 e. The number of ether oxygens (including phenoxy) is 1. The zero-order chi connectivity index (χ0) is 19.7. The van der Waals surface area contributed by atoms with Crippen molar-refractivity contribution in [2.75, 3.05) is 25.6 Å². The standard InChI is InChI=1S/C19H17F2N3O3/c1-4-27-19(26)13-10-24(15-7-5-11(20)9-14(15)21)18-12(17(13)25)6-8-16(22-18)23(2)3/h5-10H,4H2,1-3H3. The summed E-state index contributed by atoms with van der Waals surface area (Å²) in [6, 6.07) is 6.15. The Labute approximate surface area is 153 Å². The van der Waals surface area contributed by atoms with Crippen LogP contribution in [0, 0.1) is 11.6 Å². The van der Waals surface area contributed by atoms with Crippen molar-refractivity contribution in [2.45, 2.75) is 6.92 Å². The summed E-state index contributed by atoms with van der Waals surface area (Å²) in [5.74, 6) is -1.89. The van der Waals surface area contributed by atoms with Gasteiger partial charge in [0, 0.05) is 26.4 Å². The number of anilines is 1. The van der Waals surface area contributed by atoms with Crippen LogP contribution in [0.2, 0.25) is 0 Å². The molecule has 0 fully saturated rings. The van der Waals surface area contributed by atoms with Gasteiger partial charge in [-0.15, -0.1) is 0 Å². The summed E-state index contributed by atoms with van der Waals surface area (Å²) in [5, 5.41) is 0.120. The molecule has 0 spiro atoms. The largest absolute Gasteiger partial charge is 0.462 e. The highest BCUT2D eigenvalue weighted by Crippen LogP contribution is 2.22. The van der Waals surface area contributed by atoms with E-state index < -0.39 is 23.0 Å². The van der Waals surface area contributed by atoms with Gasteiger partial charge in [0.25, 0.3) is 0 Å². The number of nitrogens with zero attached hydrogens (tertiary/aromatic N) is 3. The van der Waals surface area contributed by atoms with E-state index >= 15 is 0 Å². The third-order valence-electron chi connectivity index (χ3n) is 3.96. The van der Waals surface area contributed by atoms with Gasteiger partial charge in [0.2, 0.25) is 5.43 Å². The second-order valence-corrected chi connectivity index (χ2v) is 5.99. The van der Waals surface area contributed by atoms with E-state index in [2.05, 4.69) is 4.98 Å². The number of pyridine rings is 2. The Morgan fingerprint density at radius 3 is 2.59 bits per heavy atom. The van der Waals surface area contributed by atoms with Crippen LogP contribution in [0.4, 0.5) is 14.6 Å². The number of carbonyl (C=O) groups is 1. The molecule has 0 atom stereocenters. The predicted octanol–water partition coefficient (Wildman–Crippen LogP) is 2.91. The lowest BCUT2D eigenvalue weighted by Gasteiger charge is -2.16. The fourth-order valence-electron chi connectivity index (χ4n) is 2.66. The lowest BCUT2D eigenvalue weighted by molar-refractivity contribution is 0.0524. The average Bonchev–Trinajstić information content (AvgIpc) is 2.62. The molecule has 0 aliphatic rings. The number of hydrogen-bond donors (Lipinski definition) is 0. The minimum atomic E-state index is -0.855. The van der Waals surface area contributed by atoms with Crippen LogP contribution in [0.25, 0.3) is 16.7 Å². The van der Waals surface area contributed by atoms with Crippen LogP contribution in [0.3, 0.4) is 0 Å². The number of esters is 1. The second kappa shape index (κ2) is 7.14. The van der Waals surface area contributed by atoms with E-state index in [9.17, 15) is 18.4 Å². The molecule has 140 valence electrons. The Morgan fingerprint density at radius 1 is 1.22 bits per heavy atom. The van der Waals surface area contributed by atoms with Crippen LogP contribution in [0.5, 0.6) is 0 Å². The van der Waals surface area contributed by atoms with Gasteiger partial charge in [0.1, 0.15) is 23.0 Å². The molecule has 2 heterocycles. The van der Waals surface area contributed by atoms with Crippen LogP contribution in [-0.4, -0.2) is 36.2 Å². The first-order valence-electron chi connectivity index (χ1n) is 8.19. The number of carbonyl (C=O) groups excluding carboxylic acids is 1. The van der Waals surface area contributed by atoms with Crippen molar-refractivity contribution in [1.82, 2.24) is 9.55 Å². The molecule has 3 aromatic rings. The second-order valence-electron chi connectivity index (χ2n) is 5.99. The maximum Gasteiger partial charge on any atom is 0.343 e. The van der Waals surface area contributed by atoms with E-state index in [1.54, 1.807) is 32.0 Å². The third kappa shape index (κ3) is 3.38. The summed E-state index contributed by atoms with van der Waals surface area (Å²) in [7, 11) is 3.53. The molecule has 8 heteroatoms. The lowest BCUT2D eigenvalue weighted by atomic mass is 10.1. The smallest absolute Gasteiger partial charge is 0.343 e. The quantitative estimate of drug-likeness (QED) is 0.658. The maximum atomic E-state index is 14.4. The molecule has 0 amide bonds. The number of aromatic nitrogens is 2. The first kappa shape index (κ1) is 18.5. The molecular weight excluding hydrogens is 356 g/mol. The van der Waals surface area contributed by atoms with Gasteiger partial charge < -0.3 is 9.64 Å². The van der Waals surface area contributed by atoms with Gasteiger partial charge in [0.15, 0.2) is 5.65 Å². The van der Waals surface area contributed by atoms with Gasteiger partial charge in [-0.2, -0.15) is 0 Å². The summed E-state index contributed by atoms with van der Waals surface area (Å²) in [4.78, 5) is 31.0. The topological polar surface area (TPSA) is 64.4 Å². The number of fused-ring (bicyclic) bond motifs is 1. The Hall–Kier alpha value is -3.29. The molecule has 0 unspecified atom stereocenters. The average molecular weight is 373 g/mol. The summed E-state index contributed by atoms with van der Waals surface area (Å²) >= 11 is 0. The molecule has 0 aliphatic heterocycles. The first-order chi connectivity index (χ1) is 12.8. The van der Waals surface area contributed by atoms with Crippen molar-refractivity contribution in [3.63, 3.8) is 0 Å². The Kier molecular flexibility index (Phi) is 4.89. The molecule has 0 saturated carbocycles. The van der Waals surface area contributed by atoms with Crippen LogP contribution in [0.15, 0.2) is 41.3 Å². The van der Waals surface area contributed by atoms with Crippen LogP contribution in [-0.2, 0) is 4.74 Å². The molecule has 3 rings (SSSR count). The Bertz CT molecular complexity index is 1090. The first-order valence-corrected chi connectivity index (χ1v) is 8.19. The van der Waals surface area contributed by atoms with Crippen molar-refractivity contribution >= 4 is 22.8 Å². The normalized spacial score (nSPS) is 10.9. The van der Waals surface area contributed by atoms with E-state index in [1.165, 1.54) is 22.9 Å². The molecule has 0 bridgehead atoms. The van der Waals surface area contributed by atoms with Crippen molar-refractivity contribution in [1.29, 1.82) is 0 Å². The van der Waals surface area contributed by atoms with Crippen LogP contribution < -0.4 is 10.3 Å². The molecule has 6 nitrogen and oxygen atoms in total. The molecule has 0 saturated heterocycles. The maximum absolute atomic E-state index is 14.4. The molecule has 0 radical (unpaired) electrons.